The van der Waals surface area contributed by atoms with Gasteiger partial charge in [0.05, 0.1) is 5.56 Å². The number of hydrogen-bond donors (Lipinski definition) is 1. The molecule has 0 atom stereocenters. The lowest BCUT2D eigenvalue weighted by atomic mass is 10.2. The third-order valence-electron chi connectivity index (χ3n) is 2.11. The van der Waals surface area contributed by atoms with Crippen LogP contribution in [0.5, 0.6) is 0 Å². The lowest BCUT2D eigenvalue weighted by molar-refractivity contribution is 0.102. The van der Waals surface area contributed by atoms with E-state index in [9.17, 15) is 9.18 Å². The van der Waals surface area contributed by atoms with Gasteiger partial charge in [-0.3, -0.25) is 10.1 Å². The smallest absolute Gasteiger partial charge is 0.261 e. The summed E-state index contributed by atoms with van der Waals surface area (Å²) in [6.07, 6.45) is 1.28. The van der Waals surface area contributed by atoms with Gasteiger partial charge in [-0.05, 0) is 18.2 Å². The summed E-state index contributed by atoms with van der Waals surface area (Å²) in [6.45, 7) is 0. The van der Waals surface area contributed by atoms with Crippen molar-refractivity contribution >= 4 is 23.5 Å². The van der Waals surface area contributed by atoms with Crippen LogP contribution in [0.2, 0.25) is 5.02 Å². The lowest BCUT2D eigenvalue weighted by Gasteiger charge is -2.05. The molecular weight excluding hydrogens is 247 g/mol. The number of halogens is 2. The highest BCUT2D eigenvalue weighted by Gasteiger charge is 2.14. The van der Waals surface area contributed by atoms with E-state index in [1.807, 2.05) is 0 Å². The zero-order valence-corrected chi connectivity index (χ0v) is 9.57. The fourth-order valence-electron chi connectivity index (χ4n) is 1.25. The Balaban J connectivity index is 2.26. The van der Waals surface area contributed by atoms with Crippen molar-refractivity contribution in [3.63, 3.8) is 0 Å². The highest BCUT2D eigenvalue weighted by molar-refractivity contribution is 6.31. The van der Waals surface area contributed by atoms with Crippen molar-refractivity contribution in [3.05, 3.63) is 40.9 Å². The number of amides is 1. The summed E-state index contributed by atoms with van der Waals surface area (Å²) in [7, 11) is 1.61. The van der Waals surface area contributed by atoms with Crippen LogP contribution < -0.4 is 5.32 Å². The van der Waals surface area contributed by atoms with Crippen LogP contribution in [0, 0.1) is 5.82 Å². The molecule has 1 aromatic carbocycles. The largest absolute Gasteiger partial charge is 0.291 e. The third-order valence-corrected chi connectivity index (χ3v) is 2.34. The Morgan fingerprint density at radius 2 is 2.29 bits per heavy atom. The second-order valence-electron chi connectivity index (χ2n) is 3.29. The minimum atomic E-state index is -0.644. The normalized spacial score (nSPS) is 10.3. The van der Waals surface area contributed by atoms with Crippen LogP contribution >= 0.6 is 11.6 Å². The predicted molar refractivity (Wildman–Crippen MR) is 60.4 cm³/mol. The molecule has 88 valence electrons. The molecule has 0 spiro atoms. The van der Waals surface area contributed by atoms with Crippen LogP contribution in [-0.2, 0) is 7.05 Å². The number of aromatic nitrogens is 3. The monoisotopic (exact) mass is 254 g/mol. The van der Waals surface area contributed by atoms with Gasteiger partial charge < -0.3 is 0 Å². The number of rotatable bonds is 2. The molecule has 1 amide bonds. The van der Waals surface area contributed by atoms with Crippen molar-refractivity contribution in [1.82, 2.24) is 14.8 Å². The lowest BCUT2D eigenvalue weighted by Crippen LogP contribution is -2.16. The molecule has 0 radical (unpaired) electrons. The maximum atomic E-state index is 13.4. The average Bonchev–Trinajstić information content (AvgIpc) is 2.68. The second-order valence-corrected chi connectivity index (χ2v) is 3.72. The number of carbonyl (C=O) groups is 1. The van der Waals surface area contributed by atoms with Gasteiger partial charge in [0.2, 0.25) is 5.95 Å². The van der Waals surface area contributed by atoms with Crippen LogP contribution in [0.1, 0.15) is 10.4 Å². The van der Waals surface area contributed by atoms with Gasteiger partial charge in [0, 0.05) is 12.1 Å². The summed E-state index contributed by atoms with van der Waals surface area (Å²) in [5.41, 5.74) is -0.138. The molecule has 2 rings (SSSR count). The highest BCUT2D eigenvalue weighted by Crippen LogP contribution is 2.15. The highest BCUT2D eigenvalue weighted by atomic mass is 35.5. The molecule has 17 heavy (non-hydrogen) atoms. The second kappa shape index (κ2) is 4.50. The number of hydrogen-bond acceptors (Lipinski definition) is 3. The molecule has 0 aliphatic carbocycles. The molecular formula is C10H8ClFN4O. The Morgan fingerprint density at radius 3 is 2.94 bits per heavy atom. The molecule has 1 N–H and O–H groups in total. The van der Waals surface area contributed by atoms with Crippen LogP contribution in [0.25, 0.3) is 0 Å². The quantitative estimate of drug-likeness (QED) is 0.890. The minimum Gasteiger partial charge on any atom is -0.291 e. The molecule has 0 unspecified atom stereocenters. The van der Waals surface area contributed by atoms with Gasteiger partial charge in [-0.25, -0.2) is 9.07 Å². The van der Waals surface area contributed by atoms with Crippen molar-refractivity contribution in [2.45, 2.75) is 0 Å². The van der Waals surface area contributed by atoms with Gasteiger partial charge in [-0.15, -0.1) is 0 Å². The Kier molecular flexibility index (Phi) is 3.06. The Bertz CT molecular complexity index is 569. The van der Waals surface area contributed by atoms with E-state index in [1.54, 1.807) is 7.05 Å². The van der Waals surface area contributed by atoms with Crippen molar-refractivity contribution in [2.24, 2.45) is 7.05 Å². The van der Waals surface area contributed by atoms with E-state index in [1.165, 1.54) is 23.1 Å². The first kappa shape index (κ1) is 11.5. The number of nitrogens with zero attached hydrogens (tertiary/aromatic N) is 3. The molecule has 0 fully saturated rings. The van der Waals surface area contributed by atoms with Crippen LogP contribution in [-0.4, -0.2) is 20.7 Å². The first-order chi connectivity index (χ1) is 8.08. The van der Waals surface area contributed by atoms with E-state index in [0.717, 1.165) is 6.07 Å². The Hall–Kier alpha value is -1.95. The van der Waals surface area contributed by atoms with Crippen molar-refractivity contribution in [1.29, 1.82) is 0 Å². The number of nitrogens with one attached hydrogen (secondary N) is 1. The molecule has 2 aromatic rings. The maximum Gasteiger partial charge on any atom is 0.261 e. The molecule has 1 heterocycles. The number of carbonyl (C=O) groups excluding carboxylic acids is 1. The predicted octanol–water partition coefficient (Wildman–Crippen LogP) is 1.86. The van der Waals surface area contributed by atoms with Gasteiger partial charge in [-0.1, -0.05) is 11.6 Å². The van der Waals surface area contributed by atoms with E-state index in [0.29, 0.717) is 0 Å². The van der Waals surface area contributed by atoms with E-state index in [4.69, 9.17) is 11.6 Å². The molecule has 0 bridgehead atoms. The number of aryl methyl sites for hydroxylation is 1. The van der Waals surface area contributed by atoms with E-state index >= 15 is 0 Å². The summed E-state index contributed by atoms with van der Waals surface area (Å²) in [6, 6.07) is 3.76. The summed E-state index contributed by atoms with van der Waals surface area (Å²) in [4.78, 5) is 15.5. The van der Waals surface area contributed by atoms with Crippen molar-refractivity contribution in [3.8, 4) is 0 Å². The number of benzene rings is 1. The van der Waals surface area contributed by atoms with E-state index in [2.05, 4.69) is 15.4 Å². The summed E-state index contributed by atoms with van der Waals surface area (Å²) in [5.74, 6) is -1.04. The molecule has 0 saturated carbocycles. The molecule has 1 aromatic heterocycles. The van der Waals surface area contributed by atoms with Crippen LogP contribution in [0.15, 0.2) is 24.5 Å². The Labute approximate surface area is 101 Å². The first-order valence-corrected chi connectivity index (χ1v) is 5.06. The van der Waals surface area contributed by atoms with Gasteiger partial charge >= 0.3 is 0 Å². The zero-order chi connectivity index (χ0) is 12.4. The molecule has 7 heteroatoms. The minimum absolute atomic E-state index is 0.138. The summed E-state index contributed by atoms with van der Waals surface area (Å²) < 4.78 is 14.7. The van der Waals surface area contributed by atoms with Crippen LogP contribution in [0.4, 0.5) is 10.3 Å². The van der Waals surface area contributed by atoms with Crippen molar-refractivity contribution < 1.29 is 9.18 Å². The van der Waals surface area contributed by atoms with Gasteiger partial charge in [0.15, 0.2) is 0 Å². The fourth-order valence-corrected chi connectivity index (χ4v) is 1.42. The van der Waals surface area contributed by atoms with E-state index in [-0.39, 0.29) is 16.5 Å². The SMILES string of the molecule is Cn1ncnc1NC(=O)c1cc(Cl)ccc1F. The molecule has 0 aliphatic rings. The topological polar surface area (TPSA) is 59.8 Å². The zero-order valence-electron chi connectivity index (χ0n) is 8.82. The number of anilines is 1. The standard InChI is InChI=1S/C10H8ClFN4O/c1-16-10(13-5-14-16)15-9(17)7-4-6(11)2-3-8(7)12/h2-5H,1H3,(H,13,14,15,17). The van der Waals surface area contributed by atoms with Crippen molar-refractivity contribution in [2.75, 3.05) is 5.32 Å². The van der Waals surface area contributed by atoms with Crippen LogP contribution in [0.3, 0.4) is 0 Å². The maximum absolute atomic E-state index is 13.4. The van der Waals surface area contributed by atoms with Gasteiger partial charge in [0.25, 0.3) is 5.91 Å². The average molecular weight is 255 g/mol. The Morgan fingerprint density at radius 1 is 1.53 bits per heavy atom. The third kappa shape index (κ3) is 2.42. The molecule has 5 nitrogen and oxygen atoms in total. The summed E-state index contributed by atoms with van der Waals surface area (Å²) in [5, 5.41) is 6.49. The van der Waals surface area contributed by atoms with E-state index < -0.39 is 11.7 Å². The molecule has 0 aliphatic heterocycles. The summed E-state index contributed by atoms with van der Waals surface area (Å²) >= 11 is 5.69. The first-order valence-electron chi connectivity index (χ1n) is 4.68. The fraction of sp³-hybridized carbons (Fsp3) is 0.100. The van der Waals surface area contributed by atoms with Gasteiger partial charge in [-0.2, -0.15) is 10.1 Å². The molecule has 0 saturated heterocycles. The van der Waals surface area contributed by atoms with Gasteiger partial charge in [0.1, 0.15) is 12.1 Å².